The van der Waals surface area contributed by atoms with Gasteiger partial charge in [0.2, 0.25) is 0 Å². The summed E-state index contributed by atoms with van der Waals surface area (Å²) in [6.45, 7) is 0. The third-order valence-corrected chi connectivity index (χ3v) is 14.1. The van der Waals surface area contributed by atoms with Crippen molar-refractivity contribution < 1.29 is 65.3 Å². The lowest BCUT2D eigenvalue weighted by atomic mass is 9.75. The van der Waals surface area contributed by atoms with Gasteiger partial charge in [-0.15, -0.1) is 0 Å². The van der Waals surface area contributed by atoms with Crippen LogP contribution >= 0.6 is 0 Å². The van der Waals surface area contributed by atoms with Crippen LogP contribution in [0.3, 0.4) is 0 Å². The number of aliphatic hydroxyl groups excluding tert-OH is 1. The second-order valence-electron chi connectivity index (χ2n) is 18.2. The van der Waals surface area contributed by atoms with Gasteiger partial charge >= 0.3 is 0 Å². The van der Waals surface area contributed by atoms with Gasteiger partial charge in [-0.05, 0) is 124 Å². The molecule has 13 heteroatoms. The maximum atomic E-state index is 12.4. The molecule has 69 heavy (non-hydrogen) atoms. The molecule has 3 aliphatic heterocycles. The Labute approximate surface area is 393 Å². The molecule has 13 nitrogen and oxygen atoms in total. The van der Waals surface area contributed by atoms with Crippen molar-refractivity contribution in [2.45, 2.75) is 48.1 Å². The summed E-state index contributed by atoms with van der Waals surface area (Å²) in [5.41, 5.74) is 6.24. The molecule has 0 amide bonds. The van der Waals surface area contributed by atoms with Crippen LogP contribution in [0, 0.1) is 0 Å². The van der Waals surface area contributed by atoms with Crippen LogP contribution in [0.25, 0.3) is 0 Å². The molecule has 344 valence electrons. The van der Waals surface area contributed by atoms with E-state index in [1.165, 1.54) is 60.7 Å². The van der Waals surface area contributed by atoms with E-state index in [0.717, 1.165) is 0 Å². The summed E-state index contributed by atoms with van der Waals surface area (Å²) >= 11 is 0. The maximum Gasteiger partial charge on any atom is 0.135 e. The van der Waals surface area contributed by atoms with Crippen molar-refractivity contribution >= 4 is 0 Å². The molecule has 0 fully saturated rings. The normalized spacial score (nSPS) is 22.6. The Morgan fingerprint density at radius 2 is 0.768 bits per heavy atom. The minimum atomic E-state index is -1.34. The summed E-state index contributed by atoms with van der Waals surface area (Å²) in [7, 11) is 0. The van der Waals surface area contributed by atoms with Crippen LogP contribution in [0.4, 0.5) is 0 Å². The highest BCUT2D eigenvalue weighted by Crippen LogP contribution is 2.63. The zero-order valence-corrected chi connectivity index (χ0v) is 36.2. The number of rotatable bonds is 6. The highest BCUT2D eigenvalue weighted by Gasteiger charge is 2.50. The van der Waals surface area contributed by atoms with E-state index in [-0.39, 0.29) is 57.5 Å². The summed E-state index contributed by atoms with van der Waals surface area (Å²) < 4.78 is 20.4. The number of benzene rings is 8. The Morgan fingerprint density at radius 3 is 1.42 bits per heavy atom. The van der Waals surface area contributed by atoms with Gasteiger partial charge in [-0.1, -0.05) is 42.5 Å². The number of ether oxygens (including phenoxy) is 3. The van der Waals surface area contributed by atoms with Gasteiger partial charge in [-0.3, -0.25) is 0 Å². The third-order valence-electron chi connectivity index (χ3n) is 14.1. The highest BCUT2D eigenvalue weighted by molar-refractivity contribution is 5.67. The van der Waals surface area contributed by atoms with E-state index in [4.69, 9.17) is 14.2 Å². The first-order valence-electron chi connectivity index (χ1n) is 22.3. The Hall–Kier alpha value is -8.68. The smallest absolute Gasteiger partial charge is 0.135 e. The van der Waals surface area contributed by atoms with Gasteiger partial charge in [0.1, 0.15) is 87.3 Å². The van der Waals surface area contributed by atoms with Crippen LogP contribution in [-0.2, 0) is 0 Å². The van der Waals surface area contributed by atoms with Gasteiger partial charge < -0.3 is 65.3 Å². The summed E-state index contributed by atoms with van der Waals surface area (Å²) in [5, 5.41) is 111. The fourth-order valence-electron chi connectivity index (χ4n) is 11.3. The number of fused-ring (bicyclic) bond motifs is 4. The van der Waals surface area contributed by atoms with Crippen LogP contribution in [0.2, 0.25) is 0 Å². The molecular formula is C56H42O13. The molecule has 0 spiro atoms. The summed E-state index contributed by atoms with van der Waals surface area (Å²) in [6.07, 6.45) is -3.80. The predicted molar refractivity (Wildman–Crippen MR) is 249 cm³/mol. The fraction of sp³-hybridized carbons (Fsp3) is 0.143. The molecule has 0 saturated heterocycles. The van der Waals surface area contributed by atoms with Crippen molar-refractivity contribution in [1.29, 1.82) is 0 Å². The first-order valence-corrected chi connectivity index (χ1v) is 22.3. The molecule has 8 atom stereocenters. The lowest BCUT2D eigenvalue weighted by Crippen LogP contribution is -2.17. The standard InChI is InChI=1S/C56H42O13/c57-30-8-1-25(2-9-30)45-47-38(21-35(62)23-41(47)65)50-48-39(53(45)66)22-36(63)24-44(48)69-56(50)28-7-15-42-37(19-28)49(55(67-42)27-5-12-32(59)13-6-27)51-40(64)14-16-43-52(51)46(29-17-33(60)20-34(61)18-29)54(68-43)26-3-10-31(58)11-4-26/h1-24,45-46,49-50,53-66H/t45-,46-,49+,50-,53-,54+,55+,56+/m1/s1. The average Bonchev–Trinajstić information content (AvgIpc) is 4.00. The zero-order chi connectivity index (χ0) is 47.6. The second-order valence-corrected chi connectivity index (χ2v) is 18.2. The minimum Gasteiger partial charge on any atom is -0.508 e. The number of hydrogen-bond acceptors (Lipinski definition) is 13. The third kappa shape index (κ3) is 6.64. The Balaban J connectivity index is 1.06. The molecule has 4 aliphatic rings. The van der Waals surface area contributed by atoms with Gasteiger partial charge in [0.25, 0.3) is 0 Å². The van der Waals surface area contributed by atoms with Crippen LogP contribution in [-0.4, -0.2) is 51.1 Å². The van der Waals surface area contributed by atoms with E-state index >= 15 is 0 Å². The molecule has 0 aromatic heterocycles. The maximum absolute atomic E-state index is 12.4. The molecule has 8 aromatic carbocycles. The van der Waals surface area contributed by atoms with Gasteiger partial charge in [0.15, 0.2) is 0 Å². The first kappa shape index (κ1) is 41.7. The van der Waals surface area contributed by atoms with E-state index in [2.05, 4.69) is 0 Å². The Morgan fingerprint density at radius 1 is 0.275 bits per heavy atom. The molecular weight excluding hydrogens is 881 g/mol. The molecule has 12 rings (SSSR count). The topological polar surface area (TPSA) is 230 Å². The summed E-state index contributed by atoms with van der Waals surface area (Å²) in [4.78, 5) is 0. The molecule has 10 N–H and O–H groups in total. The van der Waals surface area contributed by atoms with Gasteiger partial charge in [-0.25, -0.2) is 0 Å². The molecule has 0 bridgehead atoms. The molecule has 3 heterocycles. The molecule has 0 unspecified atom stereocenters. The minimum absolute atomic E-state index is 0.00369. The number of aliphatic hydroxyl groups is 1. The van der Waals surface area contributed by atoms with Gasteiger partial charge in [0, 0.05) is 51.9 Å². The largest absolute Gasteiger partial charge is 0.508 e. The van der Waals surface area contributed by atoms with E-state index in [1.807, 2.05) is 12.1 Å². The number of phenols is 9. The Kier molecular flexibility index (Phi) is 9.34. The molecule has 1 aliphatic carbocycles. The van der Waals surface area contributed by atoms with Crippen molar-refractivity contribution in [3.63, 3.8) is 0 Å². The van der Waals surface area contributed by atoms with Crippen molar-refractivity contribution in [1.82, 2.24) is 0 Å². The number of hydrogen-bond donors (Lipinski definition) is 10. The lowest BCUT2D eigenvalue weighted by Gasteiger charge is -2.27. The van der Waals surface area contributed by atoms with Crippen molar-refractivity contribution in [3.05, 3.63) is 212 Å². The highest BCUT2D eigenvalue weighted by atomic mass is 16.5. The summed E-state index contributed by atoms with van der Waals surface area (Å²) in [6, 6.07) is 38.1. The lowest BCUT2D eigenvalue weighted by molar-refractivity contribution is 0.157. The predicted octanol–water partition coefficient (Wildman–Crippen LogP) is 10.0. The van der Waals surface area contributed by atoms with Crippen LogP contribution in [0.5, 0.6) is 69.0 Å². The average molecular weight is 923 g/mol. The first-order chi connectivity index (χ1) is 33.3. The fourth-order valence-corrected chi connectivity index (χ4v) is 11.3. The van der Waals surface area contributed by atoms with Crippen molar-refractivity contribution in [2.75, 3.05) is 0 Å². The van der Waals surface area contributed by atoms with Crippen LogP contribution < -0.4 is 14.2 Å². The number of phenolic OH excluding ortho intramolecular Hbond substituents is 9. The number of aromatic hydroxyl groups is 9. The van der Waals surface area contributed by atoms with E-state index in [9.17, 15) is 51.1 Å². The zero-order valence-electron chi connectivity index (χ0n) is 36.2. The van der Waals surface area contributed by atoms with E-state index < -0.39 is 48.1 Å². The Bertz CT molecular complexity index is 3350. The second kappa shape index (κ2) is 15.4. The van der Waals surface area contributed by atoms with E-state index in [1.54, 1.807) is 72.8 Å². The van der Waals surface area contributed by atoms with Crippen molar-refractivity contribution in [3.8, 4) is 69.0 Å². The van der Waals surface area contributed by atoms with Crippen LogP contribution in [0.15, 0.2) is 146 Å². The van der Waals surface area contributed by atoms with Gasteiger partial charge in [-0.2, -0.15) is 0 Å². The summed E-state index contributed by atoms with van der Waals surface area (Å²) in [5.74, 6) is -3.14. The molecule has 0 saturated carbocycles. The van der Waals surface area contributed by atoms with E-state index in [0.29, 0.717) is 78.3 Å². The van der Waals surface area contributed by atoms with Crippen molar-refractivity contribution in [2.24, 2.45) is 0 Å². The van der Waals surface area contributed by atoms with Crippen LogP contribution in [0.1, 0.15) is 115 Å². The monoisotopic (exact) mass is 922 g/mol. The molecule has 0 radical (unpaired) electrons. The quantitative estimate of drug-likeness (QED) is 0.0750. The molecule has 8 aromatic rings. The van der Waals surface area contributed by atoms with Gasteiger partial charge in [0.05, 0.1) is 23.9 Å². The SMILES string of the molecule is Oc1ccc([C@@H]2c3c(O)cc(O)cc3[C@@H]3c4c(cc(O)cc4[C@H]2O)O[C@H]3c2ccc3c(c2)[C@@H](c2c(O)ccc4c2[C@@H](c2cc(O)cc(O)c2)[C@H](c2ccc(O)cc2)O4)[C@H](c2ccc(O)cc2)O3)cc1.